The van der Waals surface area contributed by atoms with Crippen LogP contribution in [0.4, 0.5) is 0 Å². The second-order valence-electron chi connectivity index (χ2n) is 5.43. The van der Waals surface area contributed by atoms with Gasteiger partial charge in [-0.1, -0.05) is 18.2 Å². The normalized spacial score (nSPS) is 13.6. The molecule has 0 unspecified atom stereocenters. The summed E-state index contributed by atoms with van der Waals surface area (Å²) in [7, 11) is 0. The summed E-state index contributed by atoms with van der Waals surface area (Å²) in [6.07, 6.45) is 0. The van der Waals surface area contributed by atoms with Crippen LogP contribution in [0.15, 0.2) is 47.3 Å². The van der Waals surface area contributed by atoms with Gasteiger partial charge in [0.15, 0.2) is 0 Å². The Morgan fingerprint density at radius 1 is 0.958 bits per heavy atom. The molecular weight excluding hydrogens is 421 g/mol. The summed E-state index contributed by atoms with van der Waals surface area (Å²) in [5, 5.41) is 7.61. The Bertz CT molecular complexity index is 1040. The van der Waals surface area contributed by atoms with E-state index in [0.29, 0.717) is 27.6 Å². The molecule has 24 heavy (non-hydrogen) atoms. The Labute approximate surface area is 149 Å². The molecule has 3 aromatic rings. The van der Waals surface area contributed by atoms with Gasteiger partial charge in [-0.3, -0.25) is 19.3 Å². The van der Waals surface area contributed by atoms with Gasteiger partial charge in [0.05, 0.1) is 28.8 Å². The van der Waals surface area contributed by atoms with Gasteiger partial charge in [-0.25, -0.2) is 5.10 Å². The number of rotatable bonds is 2. The highest BCUT2D eigenvalue weighted by Crippen LogP contribution is 2.25. The van der Waals surface area contributed by atoms with Gasteiger partial charge in [0.1, 0.15) is 0 Å². The summed E-state index contributed by atoms with van der Waals surface area (Å²) in [6.45, 7) is 0.0141. The van der Waals surface area contributed by atoms with Crippen LogP contribution >= 0.6 is 22.6 Å². The third-order valence-electron chi connectivity index (χ3n) is 4.02. The third-order valence-corrected chi connectivity index (χ3v) is 4.69. The minimum atomic E-state index is -0.345. The molecule has 0 saturated heterocycles. The highest BCUT2D eigenvalue weighted by molar-refractivity contribution is 14.1. The molecule has 0 spiro atoms. The molecule has 0 bridgehead atoms. The van der Waals surface area contributed by atoms with Gasteiger partial charge in [-0.15, -0.1) is 0 Å². The number of aromatic amines is 1. The van der Waals surface area contributed by atoms with E-state index >= 15 is 0 Å². The lowest BCUT2D eigenvalue weighted by Gasteiger charge is -2.14. The second-order valence-corrected chi connectivity index (χ2v) is 6.68. The summed E-state index contributed by atoms with van der Waals surface area (Å²) < 4.78 is 0.920. The van der Waals surface area contributed by atoms with Crippen molar-refractivity contribution in [3.63, 3.8) is 0 Å². The van der Waals surface area contributed by atoms with Crippen LogP contribution in [0.3, 0.4) is 0 Å². The van der Waals surface area contributed by atoms with E-state index < -0.39 is 0 Å². The number of fused-ring (bicyclic) bond motifs is 2. The Morgan fingerprint density at radius 3 is 2.29 bits per heavy atom. The van der Waals surface area contributed by atoms with Crippen LogP contribution in [0.5, 0.6) is 0 Å². The number of hydrogen-bond donors (Lipinski definition) is 1. The minimum Gasteiger partial charge on any atom is -0.269 e. The maximum absolute atomic E-state index is 12.5. The summed E-state index contributed by atoms with van der Waals surface area (Å²) in [5.74, 6) is -0.690. The van der Waals surface area contributed by atoms with Gasteiger partial charge in [0.2, 0.25) is 0 Å². The summed E-state index contributed by atoms with van der Waals surface area (Å²) in [4.78, 5) is 38.1. The van der Waals surface area contributed by atoms with E-state index in [0.717, 1.165) is 8.47 Å². The number of halogens is 1. The van der Waals surface area contributed by atoms with Crippen molar-refractivity contribution >= 4 is 45.2 Å². The summed E-state index contributed by atoms with van der Waals surface area (Å²) in [5.41, 5.74) is 0.974. The maximum Gasteiger partial charge on any atom is 0.272 e. The van der Waals surface area contributed by atoms with Crippen LogP contribution in [0.1, 0.15) is 26.4 Å². The van der Waals surface area contributed by atoms with Crippen LogP contribution in [0.25, 0.3) is 10.8 Å². The van der Waals surface area contributed by atoms with Crippen molar-refractivity contribution in [2.24, 2.45) is 0 Å². The predicted molar refractivity (Wildman–Crippen MR) is 95.7 cm³/mol. The van der Waals surface area contributed by atoms with Crippen LogP contribution in [0.2, 0.25) is 0 Å². The Balaban J connectivity index is 1.79. The molecule has 0 fully saturated rings. The molecule has 0 radical (unpaired) electrons. The Morgan fingerprint density at radius 2 is 1.62 bits per heavy atom. The molecule has 0 saturated carbocycles. The molecule has 1 N–H and O–H groups in total. The second kappa shape index (κ2) is 5.52. The molecule has 2 heterocycles. The van der Waals surface area contributed by atoms with Crippen LogP contribution in [-0.2, 0) is 6.54 Å². The standard InChI is InChI=1S/C17H10IN3O3/c18-9-5-6-10-13(7-9)15(22)20-19-14(10)8-21-16(23)11-3-1-2-4-12(11)17(21)24/h1-7H,8H2,(H,20,22). The average molecular weight is 431 g/mol. The Kier molecular flexibility index (Phi) is 3.45. The maximum atomic E-state index is 12.5. The number of aromatic nitrogens is 2. The van der Waals surface area contributed by atoms with Crippen molar-refractivity contribution < 1.29 is 9.59 Å². The number of H-pyrrole nitrogens is 1. The van der Waals surface area contributed by atoms with E-state index in [1.54, 1.807) is 36.4 Å². The smallest absolute Gasteiger partial charge is 0.269 e. The number of benzene rings is 2. The van der Waals surface area contributed by atoms with Gasteiger partial charge < -0.3 is 0 Å². The molecule has 2 amide bonds. The molecule has 7 heteroatoms. The van der Waals surface area contributed by atoms with Gasteiger partial charge in [-0.2, -0.15) is 5.10 Å². The van der Waals surface area contributed by atoms with Crippen molar-refractivity contribution in [1.82, 2.24) is 15.1 Å². The fraction of sp³-hybridized carbons (Fsp3) is 0.0588. The first kappa shape index (κ1) is 15.0. The third kappa shape index (κ3) is 2.23. The van der Waals surface area contributed by atoms with E-state index in [-0.39, 0.29) is 23.9 Å². The van der Waals surface area contributed by atoms with Crippen LogP contribution in [0, 0.1) is 3.57 Å². The number of hydrogen-bond acceptors (Lipinski definition) is 4. The number of nitrogens with one attached hydrogen (secondary N) is 1. The predicted octanol–water partition coefficient (Wildman–Crippen LogP) is 2.32. The van der Waals surface area contributed by atoms with E-state index in [1.807, 2.05) is 6.07 Å². The van der Waals surface area contributed by atoms with Crippen LogP contribution < -0.4 is 5.56 Å². The number of imide groups is 1. The van der Waals surface area contributed by atoms with Crippen molar-refractivity contribution in [3.8, 4) is 0 Å². The minimum absolute atomic E-state index is 0.0141. The van der Waals surface area contributed by atoms with E-state index in [2.05, 4.69) is 32.8 Å². The highest BCUT2D eigenvalue weighted by atomic mass is 127. The van der Waals surface area contributed by atoms with Crippen molar-refractivity contribution in [2.45, 2.75) is 6.54 Å². The average Bonchev–Trinajstić information content (AvgIpc) is 2.83. The Hall–Kier alpha value is -2.55. The van der Waals surface area contributed by atoms with Gasteiger partial charge >= 0.3 is 0 Å². The van der Waals surface area contributed by atoms with Crippen molar-refractivity contribution in [3.05, 3.63) is 73.2 Å². The molecular formula is C17H10IN3O3. The molecule has 0 aliphatic carbocycles. The lowest BCUT2D eigenvalue weighted by atomic mass is 10.1. The fourth-order valence-electron chi connectivity index (χ4n) is 2.85. The van der Waals surface area contributed by atoms with Gasteiger partial charge in [-0.05, 0) is 46.9 Å². The SMILES string of the molecule is O=C1c2ccccc2C(=O)N1Cc1n[nH]c(=O)c2cc(I)ccc12. The van der Waals surface area contributed by atoms with Crippen LogP contribution in [-0.4, -0.2) is 26.9 Å². The monoisotopic (exact) mass is 431 g/mol. The van der Waals surface area contributed by atoms with Gasteiger partial charge in [0.25, 0.3) is 17.4 Å². The first-order chi connectivity index (χ1) is 11.6. The zero-order valence-corrected chi connectivity index (χ0v) is 14.4. The zero-order valence-electron chi connectivity index (χ0n) is 12.2. The lowest BCUT2D eigenvalue weighted by molar-refractivity contribution is 0.0641. The number of carbonyl (C=O) groups is 2. The molecule has 0 atom stereocenters. The van der Waals surface area contributed by atoms with E-state index in [4.69, 9.17) is 0 Å². The van der Waals surface area contributed by atoms with Gasteiger partial charge in [0, 0.05) is 8.96 Å². The summed E-state index contributed by atoms with van der Waals surface area (Å²) >= 11 is 2.12. The van der Waals surface area contributed by atoms with Crippen molar-refractivity contribution in [2.75, 3.05) is 0 Å². The molecule has 2 aromatic carbocycles. The fourth-order valence-corrected chi connectivity index (χ4v) is 3.34. The molecule has 118 valence electrons. The van der Waals surface area contributed by atoms with E-state index in [1.165, 1.54) is 0 Å². The number of carbonyl (C=O) groups excluding carboxylic acids is 2. The molecule has 4 rings (SSSR count). The summed E-state index contributed by atoms with van der Waals surface area (Å²) in [6, 6.07) is 12.1. The lowest BCUT2D eigenvalue weighted by Crippen LogP contribution is -2.30. The van der Waals surface area contributed by atoms with E-state index in [9.17, 15) is 14.4 Å². The number of amides is 2. The highest BCUT2D eigenvalue weighted by Gasteiger charge is 2.35. The van der Waals surface area contributed by atoms with Crippen molar-refractivity contribution in [1.29, 1.82) is 0 Å². The molecule has 1 aliphatic heterocycles. The molecule has 6 nitrogen and oxygen atoms in total. The molecule has 1 aliphatic rings. The quantitative estimate of drug-likeness (QED) is 0.499. The first-order valence-electron chi connectivity index (χ1n) is 7.18. The molecule has 1 aromatic heterocycles. The zero-order chi connectivity index (χ0) is 16.8. The topological polar surface area (TPSA) is 83.1 Å². The number of nitrogens with zero attached hydrogens (tertiary/aromatic N) is 2. The first-order valence-corrected chi connectivity index (χ1v) is 8.26. The largest absolute Gasteiger partial charge is 0.272 e.